The van der Waals surface area contributed by atoms with Crippen molar-refractivity contribution in [2.24, 2.45) is 11.7 Å². The van der Waals surface area contributed by atoms with E-state index >= 15 is 0 Å². The molecular formula is C15H27N3. The summed E-state index contributed by atoms with van der Waals surface area (Å²) in [6.45, 7) is 8.12. The average Bonchev–Trinajstić information content (AvgIpc) is 2.35. The molecule has 3 nitrogen and oxygen atoms in total. The van der Waals surface area contributed by atoms with E-state index in [0.717, 1.165) is 17.9 Å². The summed E-state index contributed by atoms with van der Waals surface area (Å²) in [6.07, 6.45) is 2.37. The third kappa shape index (κ3) is 4.07. The van der Waals surface area contributed by atoms with Crippen LogP contribution in [0.2, 0.25) is 0 Å². The van der Waals surface area contributed by atoms with E-state index in [-0.39, 0.29) is 0 Å². The summed E-state index contributed by atoms with van der Waals surface area (Å²) in [5.41, 5.74) is 8.15. The van der Waals surface area contributed by atoms with Gasteiger partial charge in [-0.25, -0.2) is 0 Å². The lowest BCUT2D eigenvalue weighted by atomic mass is 9.93. The fourth-order valence-corrected chi connectivity index (χ4v) is 2.63. The number of hydrogen-bond donors (Lipinski definition) is 1. The summed E-state index contributed by atoms with van der Waals surface area (Å²) < 4.78 is 0. The standard InChI is InChI=1S/C15H27N3/c1-5-13(6-2)15(10-16)18(4)11-14-9-7-8-12(3)17-14/h7-9,13,15H,5-6,10-11,16H2,1-4H3. The van der Waals surface area contributed by atoms with E-state index in [9.17, 15) is 0 Å². The van der Waals surface area contributed by atoms with Gasteiger partial charge in [0.2, 0.25) is 0 Å². The Balaban J connectivity index is 2.70. The summed E-state index contributed by atoms with van der Waals surface area (Å²) in [4.78, 5) is 6.91. The van der Waals surface area contributed by atoms with Crippen molar-refractivity contribution in [3.8, 4) is 0 Å². The SMILES string of the molecule is CCC(CC)C(CN)N(C)Cc1cccc(C)n1. The van der Waals surface area contributed by atoms with Gasteiger partial charge in [0.1, 0.15) is 0 Å². The van der Waals surface area contributed by atoms with Gasteiger partial charge in [0.05, 0.1) is 5.69 Å². The quantitative estimate of drug-likeness (QED) is 0.807. The van der Waals surface area contributed by atoms with Crippen LogP contribution in [0.1, 0.15) is 38.1 Å². The van der Waals surface area contributed by atoms with Gasteiger partial charge in [0, 0.05) is 24.8 Å². The van der Waals surface area contributed by atoms with Crippen molar-refractivity contribution in [2.45, 2.75) is 46.2 Å². The summed E-state index contributed by atoms with van der Waals surface area (Å²) in [6, 6.07) is 6.64. The first-order valence-corrected chi connectivity index (χ1v) is 6.95. The van der Waals surface area contributed by atoms with Crippen LogP contribution in [0.25, 0.3) is 0 Å². The molecule has 0 bridgehead atoms. The second-order valence-electron chi connectivity index (χ2n) is 5.07. The Bertz CT molecular complexity index is 347. The molecule has 1 unspecified atom stereocenters. The van der Waals surface area contributed by atoms with Gasteiger partial charge in [0.25, 0.3) is 0 Å². The van der Waals surface area contributed by atoms with Gasteiger partial charge >= 0.3 is 0 Å². The maximum absolute atomic E-state index is 5.95. The fraction of sp³-hybridized carbons (Fsp3) is 0.667. The molecule has 0 aliphatic heterocycles. The van der Waals surface area contributed by atoms with Gasteiger partial charge in [-0.05, 0) is 32.0 Å². The molecule has 18 heavy (non-hydrogen) atoms. The summed E-state index contributed by atoms with van der Waals surface area (Å²) >= 11 is 0. The van der Waals surface area contributed by atoms with Gasteiger partial charge in [-0.3, -0.25) is 9.88 Å². The monoisotopic (exact) mass is 249 g/mol. The van der Waals surface area contributed by atoms with E-state index < -0.39 is 0 Å². The van der Waals surface area contributed by atoms with Crippen LogP contribution in [-0.2, 0) is 6.54 Å². The lowest BCUT2D eigenvalue weighted by Crippen LogP contribution is -2.42. The highest BCUT2D eigenvalue weighted by Crippen LogP contribution is 2.18. The molecule has 0 saturated heterocycles. The van der Waals surface area contributed by atoms with Crippen molar-refractivity contribution in [2.75, 3.05) is 13.6 Å². The third-order valence-electron chi connectivity index (χ3n) is 3.76. The second-order valence-corrected chi connectivity index (χ2v) is 5.07. The van der Waals surface area contributed by atoms with Crippen LogP contribution in [0.3, 0.4) is 0 Å². The van der Waals surface area contributed by atoms with Gasteiger partial charge in [0.15, 0.2) is 0 Å². The molecule has 0 aliphatic rings. The van der Waals surface area contributed by atoms with Gasteiger partial charge < -0.3 is 5.73 Å². The normalized spacial score (nSPS) is 13.3. The van der Waals surface area contributed by atoms with Crippen molar-refractivity contribution < 1.29 is 0 Å². The van der Waals surface area contributed by atoms with Crippen LogP contribution >= 0.6 is 0 Å². The van der Waals surface area contributed by atoms with E-state index in [4.69, 9.17) is 5.73 Å². The lowest BCUT2D eigenvalue weighted by molar-refractivity contribution is 0.163. The Labute approximate surface area is 111 Å². The molecule has 0 aliphatic carbocycles. The zero-order chi connectivity index (χ0) is 13.5. The minimum atomic E-state index is 0.447. The number of aryl methyl sites for hydroxylation is 1. The first-order chi connectivity index (χ1) is 8.62. The highest BCUT2D eigenvalue weighted by molar-refractivity contribution is 5.09. The van der Waals surface area contributed by atoms with Crippen molar-refractivity contribution in [1.29, 1.82) is 0 Å². The topological polar surface area (TPSA) is 42.1 Å². The number of hydrogen-bond acceptors (Lipinski definition) is 3. The van der Waals surface area contributed by atoms with Gasteiger partial charge in [-0.2, -0.15) is 0 Å². The Kier molecular flexibility index (Phi) is 6.30. The molecule has 0 saturated carbocycles. The maximum Gasteiger partial charge on any atom is 0.0547 e. The predicted molar refractivity (Wildman–Crippen MR) is 77.4 cm³/mol. The fourth-order valence-electron chi connectivity index (χ4n) is 2.63. The molecule has 1 rings (SSSR count). The Morgan fingerprint density at radius 3 is 2.44 bits per heavy atom. The zero-order valence-electron chi connectivity index (χ0n) is 12.2. The largest absolute Gasteiger partial charge is 0.329 e. The van der Waals surface area contributed by atoms with Crippen LogP contribution in [0.15, 0.2) is 18.2 Å². The van der Waals surface area contributed by atoms with E-state index in [0.29, 0.717) is 18.5 Å². The van der Waals surface area contributed by atoms with Crippen LogP contribution in [0.5, 0.6) is 0 Å². The molecule has 102 valence electrons. The molecule has 1 aromatic heterocycles. The summed E-state index contributed by atoms with van der Waals surface area (Å²) in [5, 5.41) is 0. The number of aromatic nitrogens is 1. The molecule has 0 fully saturated rings. The highest BCUT2D eigenvalue weighted by Gasteiger charge is 2.21. The number of nitrogens with zero attached hydrogens (tertiary/aromatic N) is 2. The zero-order valence-corrected chi connectivity index (χ0v) is 12.2. The lowest BCUT2D eigenvalue weighted by Gasteiger charge is -2.32. The first-order valence-electron chi connectivity index (χ1n) is 6.95. The predicted octanol–water partition coefficient (Wildman–Crippen LogP) is 2.59. The molecule has 2 N–H and O–H groups in total. The van der Waals surface area contributed by atoms with Crippen LogP contribution in [0, 0.1) is 12.8 Å². The molecule has 0 spiro atoms. The maximum atomic E-state index is 5.95. The Morgan fingerprint density at radius 2 is 1.94 bits per heavy atom. The van der Waals surface area contributed by atoms with E-state index in [1.165, 1.54) is 12.8 Å². The number of likely N-dealkylation sites (N-methyl/N-ethyl adjacent to an activating group) is 1. The van der Waals surface area contributed by atoms with Crippen LogP contribution in [0.4, 0.5) is 0 Å². The van der Waals surface area contributed by atoms with Crippen LogP contribution in [-0.4, -0.2) is 29.5 Å². The minimum absolute atomic E-state index is 0.447. The number of rotatable bonds is 7. The van der Waals surface area contributed by atoms with E-state index in [1.807, 2.05) is 13.0 Å². The molecule has 1 atom stereocenters. The smallest absolute Gasteiger partial charge is 0.0547 e. The minimum Gasteiger partial charge on any atom is -0.329 e. The molecule has 1 heterocycles. The third-order valence-corrected chi connectivity index (χ3v) is 3.76. The second kappa shape index (κ2) is 7.49. The Hall–Kier alpha value is -0.930. The molecule has 0 aromatic carbocycles. The molecule has 0 amide bonds. The van der Waals surface area contributed by atoms with Crippen molar-refractivity contribution >= 4 is 0 Å². The first kappa shape index (κ1) is 15.1. The van der Waals surface area contributed by atoms with Gasteiger partial charge in [-0.1, -0.05) is 32.8 Å². The summed E-state index contributed by atoms with van der Waals surface area (Å²) in [5.74, 6) is 0.671. The van der Waals surface area contributed by atoms with E-state index in [1.54, 1.807) is 0 Å². The highest BCUT2D eigenvalue weighted by atomic mass is 15.1. The average molecular weight is 249 g/mol. The Morgan fingerprint density at radius 1 is 1.28 bits per heavy atom. The summed E-state index contributed by atoms with van der Waals surface area (Å²) in [7, 11) is 2.15. The van der Waals surface area contributed by atoms with Crippen LogP contribution < -0.4 is 5.73 Å². The van der Waals surface area contributed by atoms with Crippen molar-refractivity contribution in [3.05, 3.63) is 29.6 Å². The van der Waals surface area contributed by atoms with Crippen molar-refractivity contribution in [3.63, 3.8) is 0 Å². The molecule has 0 radical (unpaired) electrons. The van der Waals surface area contributed by atoms with Crippen molar-refractivity contribution in [1.82, 2.24) is 9.88 Å². The van der Waals surface area contributed by atoms with E-state index in [2.05, 4.69) is 42.9 Å². The van der Waals surface area contributed by atoms with Gasteiger partial charge in [-0.15, -0.1) is 0 Å². The molecule has 1 aromatic rings. The molecular weight excluding hydrogens is 222 g/mol. The molecule has 3 heteroatoms. The number of pyridine rings is 1. The number of nitrogens with two attached hydrogens (primary N) is 1.